The van der Waals surface area contributed by atoms with Crippen LogP contribution in [0, 0.1) is 6.92 Å². The number of aromatic nitrogens is 1. The fraction of sp³-hybridized carbons (Fsp3) is 0.333. The molecule has 2 aromatic carbocycles. The molecule has 164 valence electrons. The van der Waals surface area contributed by atoms with E-state index in [4.69, 9.17) is 14.2 Å². The lowest BCUT2D eigenvalue weighted by atomic mass is 10.2. The van der Waals surface area contributed by atoms with E-state index in [0.717, 1.165) is 28.6 Å². The van der Waals surface area contributed by atoms with E-state index in [-0.39, 0.29) is 5.91 Å². The summed E-state index contributed by atoms with van der Waals surface area (Å²) in [6, 6.07) is 15.1. The molecule has 0 spiro atoms. The number of aryl methyl sites for hydroxylation is 1. The lowest BCUT2D eigenvalue weighted by Crippen LogP contribution is -2.32. The van der Waals surface area contributed by atoms with Crippen molar-refractivity contribution in [3.8, 4) is 11.5 Å². The fourth-order valence-electron chi connectivity index (χ4n) is 3.03. The van der Waals surface area contributed by atoms with Crippen LogP contribution < -0.4 is 9.47 Å². The van der Waals surface area contributed by atoms with Crippen molar-refractivity contribution in [2.45, 2.75) is 26.5 Å². The zero-order valence-electron chi connectivity index (χ0n) is 18.2. The first-order valence-corrected chi connectivity index (χ1v) is 11.0. The third-order valence-corrected chi connectivity index (χ3v) is 5.61. The maximum atomic E-state index is 13.1. The molecule has 0 aliphatic carbocycles. The van der Waals surface area contributed by atoms with Crippen LogP contribution in [0.5, 0.6) is 11.5 Å². The van der Waals surface area contributed by atoms with Gasteiger partial charge in [0, 0.05) is 31.2 Å². The lowest BCUT2D eigenvalue weighted by molar-refractivity contribution is 0.0721. The van der Waals surface area contributed by atoms with Gasteiger partial charge in [-0.3, -0.25) is 4.79 Å². The number of hydrogen-bond acceptors (Lipinski definition) is 6. The molecule has 0 saturated carbocycles. The van der Waals surface area contributed by atoms with Crippen molar-refractivity contribution in [2.24, 2.45) is 0 Å². The molecule has 0 aliphatic rings. The number of amides is 1. The minimum Gasteiger partial charge on any atom is -0.497 e. The molecule has 1 aromatic heterocycles. The highest BCUT2D eigenvalue weighted by atomic mass is 32.1. The Kier molecular flexibility index (Phi) is 8.44. The van der Waals surface area contributed by atoms with Gasteiger partial charge >= 0.3 is 0 Å². The smallest absolute Gasteiger partial charge is 0.254 e. The Morgan fingerprint density at radius 1 is 1.03 bits per heavy atom. The van der Waals surface area contributed by atoms with Crippen molar-refractivity contribution in [1.29, 1.82) is 0 Å². The highest BCUT2D eigenvalue weighted by molar-refractivity contribution is 7.09. The van der Waals surface area contributed by atoms with E-state index in [2.05, 4.69) is 4.98 Å². The first-order chi connectivity index (χ1) is 15.1. The summed E-state index contributed by atoms with van der Waals surface area (Å²) in [6.07, 6.45) is 0.756. The molecule has 31 heavy (non-hydrogen) atoms. The average Bonchev–Trinajstić information content (AvgIpc) is 3.25. The molecule has 0 saturated heterocycles. The fourth-order valence-corrected chi connectivity index (χ4v) is 3.73. The lowest BCUT2D eigenvalue weighted by Gasteiger charge is -2.22. The highest BCUT2D eigenvalue weighted by Crippen LogP contribution is 2.19. The van der Waals surface area contributed by atoms with Crippen LogP contribution in [-0.4, -0.2) is 43.2 Å². The maximum absolute atomic E-state index is 13.1. The molecule has 7 heteroatoms. The normalized spacial score (nSPS) is 10.7. The molecular weight excluding hydrogens is 412 g/mol. The van der Waals surface area contributed by atoms with E-state index in [9.17, 15) is 4.79 Å². The van der Waals surface area contributed by atoms with Gasteiger partial charge in [0.25, 0.3) is 5.91 Å². The number of carbonyl (C=O) groups excluding carboxylic acids is 1. The van der Waals surface area contributed by atoms with Gasteiger partial charge in [-0.1, -0.05) is 17.7 Å². The van der Waals surface area contributed by atoms with Crippen molar-refractivity contribution in [3.05, 3.63) is 75.7 Å². The van der Waals surface area contributed by atoms with Gasteiger partial charge in [-0.2, -0.15) is 0 Å². The number of methoxy groups -OCH3 is 2. The Morgan fingerprint density at radius 2 is 1.74 bits per heavy atom. The third-order valence-electron chi connectivity index (χ3n) is 4.74. The second-order valence-corrected chi connectivity index (χ2v) is 8.08. The van der Waals surface area contributed by atoms with Crippen molar-refractivity contribution in [3.63, 3.8) is 0 Å². The van der Waals surface area contributed by atoms with Crippen LogP contribution in [0.3, 0.4) is 0 Å². The van der Waals surface area contributed by atoms with Crippen LogP contribution in [0.25, 0.3) is 0 Å². The maximum Gasteiger partial charge on any atom is 0.254 e. The van der Waals surface area contributed by atoms with Gasteiger partial charge in [0.15, 0.2) is 0 Å². The molecule has 3 aromatic rings. The van der Waals surface area contributed by atoms with E-state index in [0.29, 0.717) is 31.9 Å². The second kappa shape index (κ2) is 11.5. The average molecular weight is 441 g/mol. The molecule has 0 aliphatic heterocycles. The minimum atomic E-state index is -0.0378. The van der Waals surface area contributed by atoms with Crippen LogP contribution in [-0.2, 0) is 17.9 Å². The Labute approximate surface area is 187 Å². The summed E-state index contributed by atoms with van der Waals surface area (Å²) < 4.78 is 16.2. The van der Waals surface area contributed by atoms with Crippen molar-refractivity contribution < 1.29 is 19.0 Å². The van der Waals surface area contributed by atoms with Gasteiger partial charge in [0.2, 0.25) is 0 Å². The zero-order chi connectivity index (χ0) is 22.1. The van der Waals surface area contributed by atoms with Gasteiger partial charge in [0.1, 0.15) is 23.1 Å². The van der Waals surface area contributed by atoms with Crippen LogP contribution in [0.15, 0.2) is 53.9 Å². The van der Waals surface area contributed by atoms with Crippen LogP contribution in [0.4, 0.5) is 0 Å². The number of thiazole rings is 1. The summed E-state index contributed by atoms with van der Waals surface area (Å²) in [4.78, 5) is 19.6. The number of hydrogen-bond donors (Lipinski definition) is 0. The highest BCUT2D eigenvalue weighted by Gasteiger charge is 2.18. The van der Waals surface area contributed by atoms with Gasteiger partial charge in [-0.25, -0.2) is 4.98 Å². The number of rotatable bonds is 11. The quantitative estimate of drug-likeness (QED) is 0.404. The number of nitrogens with zero attached hydrogens (tertiary/aromatic N) is 2. The first-order valence-electron chi connectivity index (χ1n) is 10.1. The molecule has 1 heterocycles. The third kappa shape index (κ3) is 6.80. The van der Waals surface area contributed by atoms with Crippen molar-refractivity contribution >= 4 is 17.2 Å². The van der Waals surface area contributed by atoms with E-state index >= 15 is 0 Å². The predicted molar refractivity (Wildman–Crippen MR) is 122 cm³/mol. The standard InChI is InChI=1S/C24H28N2O4S/c1-18-5-9-22(10-6-18)30-16-23-25-20(17-31-23)15-26(13-4-14-28-2)24(27)19-7-11-21(29-3)12-8-19/h5-12,17H,4,13-16H2,1-3H3. The summed E-state index contributed by atoms with van der Waals surface area (Å²) in [5.41, 5.74) is 2.67. The number of carbonyl (C=O) groups is 1. The molecule has 0 atom stereocenters. The summed E-state index contributed by atoms with van der Waals surface area (Å²) in [6.45, 7) is 4.08. The topological polar surface area (TPSA) is 60.9 Å². The predicted octanol–water partition coefficient (Wildman–Crippen LogP) is 4.72. The van der Waals surface area contributed by atoms with Gasteiger partial charge in [-0.15, -0.1) is 11.3 Å². The molecule has 0 unspecified atom stereocenters. The monoisotopic (exact) mass is 440 g/mol. The molecule has 6 nitrogen and oxygen atoms in total. The molecule has 0 N–H and O–H groups in total. The van der Waals surface area contributed by atoms with Crippen LogP contribution in [0.2, 0.25) is 0 Å². The number of ether oxygens (including phenoxy) is 3. The van der Waals surface area contributed by atoms with Crippen molar-refractivity contribution in [1.82, 2.24) is 9.88 Å². The second-order valence-electron chi connectivity index (χ2n) is 7.14. The molecule has 1 amide bonds. The largest absolute Gasteiger partial charge is 0.497 e. The summed E-state index contributed by atoms with van der Waals surface area (Å²) in [7, 11) is 3.27. The Morgan fingerprint density at radius 3 is 2.42 bits per heavy atom. The first kappa shape index (κ1) is 22.8. The van der Waals surface area contributed by atoms with Crippen LogP contribution >= 0.6 is 11.3 Å². The Balaban J connectivity index is 1.64. The van der Waals surface area contributed by atoms with Crippen LogP contribution in [0.1, 0.15) is 33.0 Å². The van der Waals surface area contributed by atoms with Gasteiger partial charge in [0.05, 0.1) is 19.3 Å². The van der Waals surface area contributed by atoms with E-state index in [1.807, 2.05) is 36.6 Å². The number of benzene rings is 2. The molecule has 0 radical (unpaired) electrons. The minimum absolute atomic E-state index is 0.0378. The molecular formula is C24H28N2O4S. The van der Waals surface area contributed by atoms with Gasteiger partial charge < -0.3 is 19.1 Å². The summed E-state index contributed by atoms with van der Waals surface area (Å²) in [5.74, 6) is 1.50. The molecule has 0 fully saturated rings. The van der Waals surface area contributed by atoms with E-state index < -0.39 is 0 Å². The van der Waals surface area contributed by atoms with Gasteiger partial charge in [-0.05, 0) is 49.7 Å². The Bertz CT molecular complexity index is 954. The Hall–Kier alpha value is -2.90. The van der Waals surface area contributed by atoms with E-state index in [1.54, 1.807) is 43.4 Å². The molecule has 3 rings (SSSR count). The molecule has 0 bridgehead atoms. The SMILES string of the molecule is COCCCN(Cc1csc(COc2ccc(C)cc2)n1)C(=O)c1ccc(OC)cc1. The zero-order valence-corrected chi connectivity index (χ0v) is 19.0. The summed E-state index contributed by atoms with van der Waals surface area (Å²) in [5, 5.41) is 2.86. The van der Waals surface area contributed by atoms with Crippen molar-refractivity contribution in [2.75, 3.05) is 27.4 Å². The van der Waals surface area contributed by atoms with E-state index in [1.165, 1.54) is 16.9 Å². The summed E-state index contributed by atoms with van der Waals surface area (Å²) >= 11 is 1.54.